The monoisotopic (exact) mass is 289 g/mol. The maximum Gasteiger partial charge on any atom is 0.337 e. The molecule has 0 aliphatic rings. The van der Waals surface area contributed by atoms with Gasteiger partial charge in [0.2, 0.25) is 0 Å². The van der Waals surface area contributed by atoms with Gasteiger partial charge in [-0.25, -0.2) is 4.79 Å². The lowest BCUT2D eigenvalue weighted by Crippen LogP contribution is -1.95. The van der Waals surface area contributed by atoms with Crippen LogP contribution in [0.1, 0.15) is 10.4 Å². The topological polar surface area (TPSA) is 74.0 Å². The number of hydrogen-bond donors (Lipinski definition) is 2. The van der Waals surface area contributed by atoms with Crippen LogP contribution in [-0.4, -0.2) is 18.1 Å². The SMILES string of the molecule is CNc1ccc(N=Nc2ccccc2C(=O)O)cc1Cl. The van der Waals surface area contributed by atoms with Crippen LogP contribution in [0, 0.1) is 0 Å². The first-order chi connectivity index (χ1) is 9.61. The van der Waals surface area contributed by atoms with Crippen molar-refractivity contribution in [2.75, 3.05) is 12.4 Å². The van der Waals surface area contributed by atoms with Crippen molar-refractivity contribution < 1.29 is 9.90 Å². The van der Waals surface area contributed by atoms with Gasteiger partial charge in [-0.1, -0.05) is 23.7 Å². The second-order valence-corrected chi connectivity index (χ2v) is 4.34. The second-order valence-electron chi connectivity index (χ2n) is 3.94. The van der Waals surface area contributed by atoms with Gasteiger partial charge in [0.05, 0.1) is 22.0 Å². The molecule has 0 heterocycles. The summed E-state index contributed by atoms with van der Waals surface area (Å²) in [4.78, 5) is 11.0. The van der Waals surface area contributed by atoms with Gasteiger partial charge in [-0.05, 0) is 30.3 Å². The van der Waals surface area contributed by atoms with Crippen LogP contribution >= 0.6 is 11.6 Å². The fraction of sp³-hybridized carbons (Fsp3) is 0.0714. The van der Waals surface area contributed by atoms with Crippen LogP contribution in [0.4, 0.5) is 17.1 Å². The van der Waals surface area contributed by atoms with Crippen molar-refractivity contribution in [3.05, 3.63) is 53.1 Å². The molecule has 0 bridgehead atoms. The number of aromatic carboxylic acids is 1. The molecule has 2 aromatic rings. The Balaban J connectivity index is 2.30. The maximum atomic E-state index is 11.0. The molecule has 0 amide bonds. The molecule has 102 valence electrons. The Morgan fingerprint density at radius 3 is 2.60 bits per heavy atom. The average molecular weight is 290 g/mol. The zero-order chi connectivity index (χ0) is 14.5. The number of nitrogens with one attached hydrogen (secondary N) is 1. The van der Waals surface area contributed by atoms with Gasteiger partial charge in [-0.2, -0.15) is 5.11 Å². The van der Waals surface area contributed by atoms with E-state index in [0.29, 0.717) is 16.4 Å². The third kappa shape index (κ3) is 3.13. The number of halogens is 1. The van der Waals surface area contributed by atoms with Crippen molar-refractivity contribution in [2.24, 2.45) is 10.2 Å². The standard InChI is InChI=1S/C14H12ClN3O2/c1-16-13-7-6-9(8-11(13)15)17-18-12-5-3-2-4-10(12)14(19)20/h2-8,16H,1H3,(H,19,20). The normalized spacial score (nSPS) is 10.7. The van der Waals surface area contributed by atoms with Crippen molar-refractivity contribution in [3.63, 3.8) is 0 Å². The van der Waals surface area contributed by atoms with Gasteiger partial charge in [-0.3, -0.25) is 0 Å². The van der Waals surface area contributed by atoms with E-state index in [1.807, 2.05) is 0 Å². The smallest absolute Gasteiger partial charge is 0.337 e. The molecule has 2 aromatic carbocycles. The molecule has 0 aliphatic carbocycles. The van der Waals surface area contributed by atoms with E-state index in [0.717, 1.165) is 5.69 Å². The highest BCUT2D eigenvalue weighted by atomic mass is 35.5. The van der Waals surface area contributed by atoms with E-state index < -0.39 is 5.97 Å². The molecule has 0 fully saturated rings. The van der Waals surface area contributed by atoms with Crippen molar-refractivity contribution in [3.8, 4) is 0 Å². The Labute approximate surface area is 120 Å². The number of rotatable bonds is 4. The summed E-state index contributed by atoms with van der Waals surface area (Å²) in [5.41, 5.74) is 1.74. The molecule has 0 unspecified atom stereocenters. The van der Waals surface area contributed by atoms with Gasteiger partial charge in [-0.15, -0.1) is 5.11 Å². The van der Waals surface area contributed by atoms with Gasteiger partial charge in [0.25, 0.3) is 0 Å². The molecule has 20 heavy (non-hydrogen) atoms. The Hall–Kier alpha value is -2.40. The van der Waals surface area contributed by atoms with E-state index in [1.165, 1.54) is 6.07 Å². The largest absolute Gasteiger partial charge is 0.478 e. The zero-order valence-corrected chi connectivity index (χ0v) is 11.4. The fourth-order valence-corrected chi connectivity index (χ4v) is 1.89. The lowest BCUT2D eigenvalue weighted by molar-refractivity contribution is 0.0698. The predicted molar refractivity (Wildman–Crippen MR) is 78.6 cm³/mol. The van der Waals surface area contributed by atoms with Crippen molar-refractivity contribution in [1.82, 2.24) is 0 Å². The lowest BCUT2D eigenvalue weighted by atomic mass is 10.2. The third-order valence-corrected chi connectivity index (χ3v) is 2.94. The summed E-state index contributed by atoms with van der Waals surface area (Å²) in [5.74, 6) is -1.04. The summed E-state index contributed by atoms with van der Waals surface area (Å²) >= 11 is 6.03. The molecular formula is C14H12ClN3O2. The zero-order valence-electron chi connectivity index (χ0n) is 10.7. The first-order valence-electron chi connectivity index (χ1n) is 5.83. The number of carboxylic acids is 1. The minimum Gasteiger partial charge on any atom is -0.478 e. The summed E-state index contributed by atoms with van der Waals surface area (Å²) < 4.78 is 0. The molecule has 0 saturated carbocycles. The molecule has 6 heteroatoms. The summed E-state index contributed by atoms with van der Waals surface area (Å²) in [6, 6.07) is 11.6. The molecule has 0 aliphatic heterocycles. The van der Waals surface area contributed by atoms with E-state index in [-0.39, 0.29) is 5.56 Å². The van der Waals surface area contributed by atoms with E-state index in [4.69, 9.17) is 16.7 Å². The number of anilines is 1. The van der Waals surface area contributed by atoms with E-state index in [9.17, 15) is 4.79 Å². The molecule has 2 N–H and O–H groups in total. The first-order valence-corrected chi connectivity index (χ1v) is 6.21. The average Bonchev–Trinajstić information content (AvgIpc) is 2.45. The highest BCUT2D eigenvalue weighted by Gasteiger charge is 2.08. The molecule has 0 aromatic heterocycles. The second kappa shape index (κ2) is 6.16. The van der Waals surface area contributed by atoms with Crippen LogP contribution in [0.25, 0.3) is 0 Å². The Morgan fingerprint density at radius 1 is 1.20 bits per heavy atom. The van der Waals surface area contributed by atoms with Crippen molar-refractivity contribution in [1.29, 1.82) is 0 Å². The Kier molecular flexibility index (Phi) is 4.32. The van der Waals surface area contributed by atoms with E-state index in [2.05, 4.69) is 15.5 Å². The van der Waals surface area contributed by atoms with Crippen molar-refractivity contribution >= 4 is 34.6 Å². The summed E-state index contributed by atoms with van der Waals surface area (Å²) in [7, 11) is 1.77. The minimum absolute atomic E-state index is 0.106. The molecule has 0 spiro atoms. The summed E-state index contributed by atoms with van der Waals surface area (Å²) in [6.45, 7) is 0. The molecule has 2 rings (SSSR count). The van der Waals surface area contributed by atoms with Crippen LogP contribution in [0.2, 0.25) is 5.02 Å². The number of azo groups is 1. The van der Waals surface area contributed by atoms with Gasteiger partial charge in [0, 0.05) is 7.05 Å². The van der Waals surface area contributed by atoms with Gasteiger partial charge in [0.1, 0.15) is 5.69 Å². The van der Waals surface area contributed by atoms with Gasteiger partial charge in [0.15, 0.2) is 0 Å². The van der Waals surface area contributed by atoms with Gasteiger partial charge >= 0.3 is 5.97 Å². The van der Waals surface area contributed by atoms with Crippen molar-refractivity contribution in [2.45, 2.75) is 0 Å². The van der Waals surface area contributed by atoms with Gasteiger partial charge < -0.3 is 10.4 Å². The lowest BCUT2D eigenvalue weighted by Gasteiger charge is -2.03. The number of nitrogens with zero attached hydrogens (tertiary/aromatic N) is 2. The number of hydrogen-bond acceptors (Lipinski definition) is 4. The predicted octanol–water partition coefficient (Wildman–Crippen LogP) is 4.50. The van der Waals surface area contributed by atoms with Crippen LogP contribution in [-0.2, 0) is 0 Å². The molecular weight excluding hydrogens is 278 g/mol. The van der Waals surface area contributed by atoms with Crippen LogP contribution < -0.4 is 5.32 Å². The summed E-state index contributed by atoms with van der Waals surface area (Å²) in [5, 5.41) is 20.5. The molecule has 5 nitrogen and oxygen atoms in total. The third-order valence-electron chi connectivity index (χ3n) is 2.63. The quantitative estimate of drug-likeness (QED) is 0.814. The Morgan fingerprint density at radius 2 is 1.95 bits per heavy atom. The number of benzene rings is 2. The highest BCUT2D eigenvalue weighted by molar-refractivity contribution is 6.33. The molecule has 0 radical (unpaired) electrons. The van der Waals surface area contributed by atoms with Crippen LogP contribution in [0.15, 0.2) is 52.7 Å². The van der Waals surface area contributed by atoms with E-state index in [1.54, 1.807) is 43.4 Å². The highest BCUT2D eigenvalue weighted by Crippen LogP contribution is 2.28. The first kappa shape index (κ1) is 14.0. The fourth-order valence-electron chi connectivity index (χ4n) is 1.62. The number of carboxylic acid groups (broad SMARTS) is 1. The van der Waals surface area contributed by atoms with Crippen LogP contribution in [0.3, 0.4) is 0 Å². The van der Waals surface area contributed by atoms with Crippen LogP contribution in [0.5, 0.6) is 0 Å². The summed E-state index contributed by atoms with van der Waals surface area (Å²) in [6.07, 6.45) is 0. The Bertz CT molecular complexity index is 671. The minimum atomic E-state index is -1.04. The number of carbonyl (C=O) groups is 1. The molecule has 0 saturated heterocycles. The molecule has 0 atom stereocenters. The maximum absolute atomic E-state index is 11.0. The van der Waals surface area contributed by atoms with E-state index >= 15 is 0 Å².